The van der Waals surface area contributed by atoms with E-state index in [9.17, 15) is 0 Å². The summed E-state index contributed by atoms with van der Waals surface area (Å²) in [5.41, 5.74) is 3.84. The molecule has 3 rings (SSSR count). The van der Waals surface area contributed by atoms with E-state index in [0.717, 1.165) is 18.9 Å². The van der Waals surface area contributed by atoms with Crippen molar-refractivity contribution in [3.8, 4) is 0 Å². The van der Waals surface area contributed by atoms with Gasteiger partial charge in [0.1, 0.15) is 11.9 Å². The van der Waals surface area contributed by atoms with E-state index >= 15 is 0 Å². The molecule has 104 valence electrons. The van der Waals surface area contributed by atoms with Gasteiger partial charge in [-0.1, -0.05) is 23.8 Å². The van der Waals surface area contributed by atoms with E-state index in [0.29, 0.717) is 6.61 Å². The highest BCUT2D eigenvalue weighted by Gasteiger charge is 2.24. The molecule has 1 saturated heterocycles. The van der Waals surface area contributed by atoms with Crippen molar-refractivity contribution in [3.05, 3.63) is 53.5 Å². The quantitative estimate of drug-likeness (QED) is 0.840. The molecule has 1 aliphatic rings. The summed E-state index contributed by atoms with van der Waals surface area (Å²) in [5.74, 6) is 0.922. The minimum atomic E-state index is 0.103. The molecule has 0 radical (unpaired) electrons. The molecule has 1 unspecified atom stereocenters. The minimum absolute atomic E-state index is 0.103. The second-order valence-electron chi connectivity index (χ2n) is 5.23. The number of benzene rings is 1. The summed E-state index contributed by atoms with van der Waals surface area (Å²) in [6.45, 7) is 6.66. The average molecular weight is 269 g/mol. The first-order chi connectivity index (χ1) is 9.74. The summed E-state index contributed by atoms with van der Waals surface area (Å²) in [4.78, 5) is 10.8. The molecule has 0 spiro atoms. The third-order valence-corrected chi connectivity index (χ3v) is 3.71. The Hall–Kier alpha value is -1.94. The van der Waals surface area contributed by atoms with Gasteiger partial charge in [0, 0.05) is 25.5 Å². The monoisotopic (exact) mass is 269 g/mol. The van der Waals surface area contributed by atoms with Crippen LogP contribution in [0.1, 0.15) is 22.8 Å². The first kappa shape index (κ1) is 13.1. The van der Waals surface area contributed by atoms with Gasteiger partial charge in [-0.05, 0) is 25.0 Å². The Morgan fingerprint density at radius 3 is 2.90 bits per heavy atom. The van der Waals surface area contributed by atoms with E-state index in [1.807, 2.05) is 6.20 Å². The molecule has 0 aliphatic carbocycles. The molecule has 1 aliphatic heterocycles. The fraction of sp³-hybridized carbons (Fsp3) is 0.375. The number of nitrogens with zero attached hydrogens (tertiary/aromatic N) is 3. The van der Waals surface area contributed by atoms with Gasteiger partial charge in [-0.15, -0.1) is 0 Å². The van der Waals surface area contributed by atoms with Gasteiger partial charge in [-0.2, -0.15) is 0 Å². The summed E-state index contributed by atoms with van der Waals surface area (Å²) >= 11 is 0. The highest BCUT2D eigenvalue weighted by molar-refractivity contribution is 5.39. The lowest BCUT2D eigenvalue weighted by atomic mass is 10.00. The second kappa shape index (κ2) is 5.59. The van der Waals surface area contributed by atoms with Gasteiger partial charge in [-0.3, -0.25) is 4.98 Å². The number of hydrogen-bond donors (Lipinski definition) is 0. The van der Waals surface area contributed by atoms with Crippen molar-refractivity contribution in [3.63, 3.8) is 0 Å². The molecule has 0 saturated carbocycles. The van der Waals surface area contributed by atoms with E-state index in [-0.39, 0.29) is 6.10 Å². The number of morpholine rings is 1. The Morgan fingerprint density at radius 2 is 2.15 bits per heavy atom. The van der Waals surface area contributed by atoms with Gasteiger partial charge in [0.2, 0.25) is 0 Å². The molecule has 20 heavy (non-hydrogen) atoms. The van der Waals surface area contributed by atoms with Gasteiger partial charge >= 0.3 is 0 Å². The lowest BCUT2D eigenvalue weighted by Crippen LogP contribution is -2.39. The number of ether oxygens (including phenoxy) is 1. The average Bonchev–Trinajstić information content (AvgIpc) is 2.48. The van der Waals surface area contributed by atoms with Crippen molar-refractivity contribution in [2.24, 2.45) is 0 Å². The Labute approximate surface area is 119 Å². The largest absolute Gasteiger partial charge is 0.370 e. The molecule has 4 nitrogen and oxygen atoms in total. The van der Waals surface area contributed by atoms with Crippen LogP contribution in [0, 0.1) is 13.8 Å². The maximum absolute atomic E-state index is 5.95. The lowest BCUT2D eigenvalue weighted by molar-refractivity contribution is 0.0391. The normalized spacial score (nSPS) is 19.1. The Balaban J connectivity index is 1.81. The van der Waals surface area contributed by atoms with Crippen LogP contribution >= 0.6 is 0 Å². The van der Waals surface area contributed by atoms with E-state index in [2.05, 4.69) is 46.9 Å². The number of rotatable bonds is 2. The lowest BCUT2D eigenvalue weighted by Gasteiger charge is -2.34. The predicted octanol–water partition coefficient (Wildman–Crippen LogP) is 2.67. The summed E-state index contributed by atoms with van der Waals surface area (Å²) < 4.78 is 5.95. The maximum atomic E-state index is 5.95. The molecule has 0 N–H and O–H groups in total. The SMILES string of the molecule is Cc1ccc(C2CN(c3cnccn3)CCO2)c(C)c1. The molecule has 1 atom stereocenters. The smallest absolute Gasteiger partial charge is 0.147 e. The molecule has 4 heteroatoms. The van der Waals surface area contributed by atoms with Crippen LogP contribution < -0.4 is 4.90 Å². The summed E-state index contributed by atoms with van der Waals surface area (Å²) in [7, 11) is 0. The Kier molecular flexibility index (Phi) is 3.65. The third-order valence-electron chi connectivity index (χ3n) is 3.71. The van der Waals surface area contributed by atoms with Crippen LogP contribution in [0.3, 0.4) is 0 Å². The predicted molar refractivity (Wildman–Crippen MR) is 78.9 cm³/mol. The zero-order chi connectivity index (χ0) is 13.9. The van der Waals surface area contributed by atoms with Crippen molar-refractivity contribution in [2.75, 3.05) is 24.6 Å². The highest BCUT2D eigenvalue weighted by Crippen LogP contribution is 2.27. The fourth-order valence-corrected chi connectivity index (χ4v) is 2.69. The van der Waals surface area contributed by atoms with Crippen molar-refractivity contribution < 1.29 is 4.74 Å². The van der Waals surface area contributed by atoms with Crippen molar-refractivity contribution >= 4 is 5.82 Å². The van der Waals surface area contributed by atoms with E-state index in [4.69, 9.17) is 4.74 Å². The van der Waals surface area contributed by atoms with Gasteiger partial charge in [0.25, 0.3) is 0 Å². The molecular weight excluding hydrogens is 250 g/mol. The summed E-state index contributed by atoms with van der Waals surface area (Å²) in [6, 6.07) is 6.53. The first-order valence-electron chi connectivity index (χ1n) is 6.94. The van der Waals surface area contributed by atoms with Gasteiger partial charge in [0.05, 0.1) is 12.8 Å². The van der Waals surface area contributed by atoms with Gasteiger partial charge in [-0.25, -0.2) is 4.98 Å². The van der Waals surface area contributed by atoms with Crippen LogP contribution in [0.5, 0.6) is 0 Å². The molecular formula is C16H19N3O. The van der Waals surface area contributed by atoms with Crippen LogP contribution in [0.15, 0.2) is 36.8 Å². The molecule has 1 aromatic carbocycles. The zero-order valence-corrected chi connectivity index (χ0v) is 11.9. The van der Waals surface area contributed by atoms with E-state index in [1.165, 1.54) is 16.7 Å². The fourth-order valence-electron chi connectivity index (χ4n) is 2.69. The van der Waals surface area contributed by atoms with Gasteiger partial charge < -0.3 is 9.64 Å². The van der Waals surface area contributed by atoms with Crippen LogP contribution in [0.25, 0.3) is 0 Å². The molecule has 2 heterocycles. The second-order valence-corrected chi connectivity index (χ2v) is 5.23. The number of anilines is 1. The highest BCUT2D eigenvalue weighted by atomic mass is 16.5. The van der Waals surface area contributed by atoms with Crippen LogP contribution in [0.2, 0.25) is 0 Å². The van der Waals surface area contributed by atoms with Crippen molar-refractivity contribution in [2.45, 2.75) is 20.0 Å². The standard InChI is InChI=1S/C16H19N3O/c1-12-3-4-14(13(2)9-12)15-11-19(7-8-20-15)16-10-17-5-6-18-16/h3-6,9-10,15H,7-8,11H2,1-2H3. The first-order valence-corrected chi connectivity index (χ1v) is 6.94. The van der Waals surface area contributed by atoms with Crippen molar-refractivity contribution in [1.29, 1.82) is 0 Å². The molecule has 0 bridgehead atoms. The molecule has 1 fully saturated rings. The van der Waals surface area contributed by atoms with Crippen LogP contribution in [-0.2, 0) is 4.74 Å². The Morgan fingerprint density at radius 1 is 1.25 bits per heavy atom. The van der Waals surface area contributed by atoms with Crippen molar-refractivity contribution in [1.82, 2.24) is 9.97 Å². The van der Waals surface area contributed by atoms with Crippen LogP contribution in [0.4, 0.5) is 5.82 Å². The topological polar surface area (TPSA) is 38.2 Å². The van der Waals surface area contributed by atoms with Gasteiger partial charge in [0.15, 0.2) is 0 Å². The molecule has 2 aromatic rings. The molecule has 0 amide bonds. The minimum Gasteiger partial charge on any atom is -0.370 e. The summed E-state index contributed by atoms with van der Waals surface area (Å²) in [6.07, 6.45) is 5.35. The maximum Gasteiger partial charge on any atom is 0.147 e. The van der Waals surface area contributed by atoms with E-state index in [1.54, 1.807) is 12.4 Å². The number of hydrogen-bond acceptors (Lipinski definition) is 4. The molecule has 1 aromatic heterocycles. The number of aryl methyl sites for hydroxylation is 2. The van der Waals surface area contributed by atoms with Crippen LogP contribution in [-0.4, -0.2) is 29.7 Å². The summed E-state index contributed by atoms with van der Waals surface area (Å²) in [5, 5.41) is 0. The third kappa shape index (κ3) is 2.65. The zero-order valence-electron chi connectivity index (χ0n) is 11.9. The number of aromatic nitrogens is 2. The van der Waals surface area contributed by atoms with E-state index < -0.39 is 0 Å². The Bertz CT molecular complexity index is 586.